The summed E-state index contributed by atoms with van der Waals surface area (Å²) in [6, 6.07) is 5.64. The van der Waals surface area contributed by atoms with Crippen molar-refractivity contribution in [3.8, 4) is 5.82 Å². The summed E-state index contributed by atoms with van der Waals surface area (Å²) in [5.74, 6) is 0.608. The van der Waals surface area contributed by atoms with Gasteiger partial charge in [-0.25, -0.2) is 9.67 Å². The molecule has 25 heavy (non-hydrogen) atoms. The van der Waals surface area contributed by atoms with E-state index in [9.17, 15) is 4.79 Å². The number of amides is 1. The van der Waals surface area contributed by atoms with Crippen LogP contribution in [0.25, 0.3) is 5.82 Å². The summed E-state index contributed by atoms with van der Waals surface area (Å²) >= 11 is 0. The first-order valence-electron chi connectivity index (χ1n) is 8.68. The summed E-state index contributed by atoms with van der Waals surface area (Å²) in [7, 11) is 0. The van der Waals surface area contributed by atoms with Crippen LogP contribution < -0.4 is 5.32 Å². The summed E-state index contributed by atoms with van der Waals surface area (Å²) in [5, 5.41) is 7.00. The lowest BCUT2D eigenvalue weighted by atomic mass is 10.1. The number of nitrogens with one attached hydrogen (secondary N) is 1. The monoisotopic (exact) mass is 344 g/mol. The van der Waals surface area contributed by atoms with E-state index in [1.165, 1.54) is 0 Å². The maximum Gasteiger partial charge on any atom is 0.249 e. The minimum atomic E-state index is -0.498. The minimum Gasteiger partial charge on any atom is -0.376 e. The van der Waals surface area contributed by atoms with Crippen LogP contribution in [0.5, 0.6) is 0 Å². The second-order valence-electron chi connectivity index (χ2n) is 6.16. The number of pyridine rings is 1. The highest BCUT2D eigenvalue weighted by molar-refractivity contribution is 5.80. The molecule has 1 amide bonds. The van der Waals surface area contributed by atoms with Gasteiger partial charge in [-0.05, 0) is 43.9 Å². The molecule has 2 aromatic rings. The second-order valence-corrected chi connectivity index (χ2v) is 6.16. The van der Waals surface area contributed by atoms with Crippen molar-refractivity contribution in [3.63, 3.8) is 0 Å². The van der Waals surface area contributed by atoms with Gasteiger partial charge in [0.15, 0.2) is 5.82 Å². The van der Waals surface area contributed by atoms with Crippen LogP contribution in [0.4, 0.5) is 0 Å². The zero-order chi connectivity index (χ0) is 17.5. The Morgan fingerprint density at radius 1 is 1.48 bits per heavy atom. The molecule has 0 aliphatic carbocycles. The highest BCUT2D eigenvalue weighted by Gasteiger charge is 2.18. The summed E-state index contributed by atoms with van der Waals surface area (Å²) in [4.78, 5) is 16.5. The zero-order valence-electron chi connectivity index (χ0n) is 14.4. The van der Waals surface area contributed by atoms with E-state index in [1.54, 1.807) is 24.0 Å². The molecule has 3 heterocycles. The molecule has 0 bridgehead atoms. The molecule has 7 nitrogen and oxygen atoms in total. The van der Waals surface area contributed by atoms with Crippen molar-refractivity contribution >= 4 is 5.91 Å². The van der Waals surface area contributed by atoms with Gasteiger partial charge >= 0.3 is 0 Å². The van der Waals surface area contributed by atoms with Gasteiger partial charge in [0.2, 0.25) is 5.91 Å². The van der Waals surface area contributed by atoms with Crippen LogP contribution in [0.3, 0.4) is 0 Å². The van der Waals surface area contributed by atoms with Gasteiger partial charge in [0, 0.05) is 31.7 Å². The van der Waals surface area contributed by atoms with E-state index in [1.807, 2.05) is 24.4 Å². The average molecular weight is 344 g/mol. The molecule has 1 N–H and O–H groups in total. The van der Waals surface area contributed by atoms with Crippen molar-refractivity contribution in [2.45, 2.75) is 44.9 Å². The van der Waals surface area contributed by atoms with E-state index in [-0.39, 0.29) is 12.0 Å². The Labute approximate surface area is 147 Å². The number of carbonyl (C=O) groups is 1. The molecule has 134 valence electrons. The quantitative estimate of drug-likeness (QED) is 0.829. The summed E-state index contributed by atoms with van der Waals surface area (Å²) in [5.41, 5.74) is 0.923. The van der Waals surface area contributed by atoms with Crippen LogP contribution in [0, 0.1) is 0 Å². The lowest BCUT2D eigenvalue weighted by Crippen LogP contribution is -2.36. The Morgan fingerprint density at radius 3 is 3.08 bits per heavy atom. The van der Waals surface area contributed by atoms with Crippen molar-refractivity contribution in [2.24, 2.45) is 0 Å². The molecular weight excluding hydrogens is 320 g/mol. The van der Waals surface area contributed by atoms with Crippen molar-refractivity contribution in [1.82, 2.24) is 20.1 Å². The number of carbonyl (C=O) groups excluding carboxylic acids is 1. The molecule has 3 rings (SSSR count). The van der Waals surface area contributed by atoms with Gasteiger partial charge in [-0.1, -0.05) is 6.07 Å². The molecule has 1 aliphatic rings. The van der Waals surface area contributed by atoms with Crippen LogP contribution in [-0.4, -0.2) is 46.1 Å². The Balaban J connectivity index is 1.41. The van der Waals surface area contributed by atoms with Gasteiger partial charge in [-0.3, -0.25) is 4.79 Å². The molecule has 0 spiro atoms. The Hall–Kier alpha value is -2.25. The highest BCUT2D eigenvalue weighted by atomic mass is 16.5. The first-order chi connectivity index (χ1) is 12.2. The number of ether oxygens (including phenoxy) is 2. The summed E-state index contributed by atoms with van der Waals surface area (Å²) < 4.78 is 12.9. The van der Waals surface area contributed by atoms with Gasteiger partial charge in [0.05, 0.1) is 12.7 Å². The number of hydrogen-bond acceptors (Lipinski definition) is 5. The predicted octanol–water partition coefficient (Wildman–Crippen LogP) is 1.86. The molecule has 1 fully saturated rings. The number of aromatic nitrogens is 3. The van der Waals surface area contributed by atoms with Gasteiger partial charge in [-0.15, -0.1) is 0 Å². The van der Waals surface area contributed by atoms with Crippen molar-refractivity contribution in [2.75, 3.05) is 13.2 Å². The van der Waals surface area contributed by atoms with Gasteiger partial charge in [0.1, 0.15) is 6.10 Å². The van der Waals surface area contributed by atoms with E-state index < -0.39 is 6.10 Å². The van der Waals surface area contributed by atoms with E-state index in [0.29, 0.717) is 13.2 Å². The van der Waals surface area contributed by atoms with E-state index in [0.717, 1.165) is 37.3 Å². The van der Waals surface area contributed by atoms with E-state index in [4.69, 9.17) is 9.47 Å². The standard InChI is InChI=1S/C18H24N4O3/c1-14(25-13-16-5-2-3-10-24-16)18(23)20-12-15-6-7-17(19-11-15)22-9-4-8-21-22/h4,6-9,11,14,16H,2-3,5,10,12-13H2,1H3,(H,20,23)/t14-,16-/m1/s1. The Bertz CT molecular complexity index is 651. The lowest BCUT2D eigenvalue weighted by molar-refractivity contribution is -0.135. The van der Waals surface area contributed by atoms with Crippen molar-refractivity contribution in [1.29, 1.82) is 0 Å². The van der Waals surface area contributed by atoms with Gasteiger partial charge < -0.3 is 14.8 Å². The smallest absolute Gasteiger partial charge is 0.249 e. The van der Waals surface area contributed by atoms with Crippen LogP contribution >= 0.6 is 0 Å². The molecule has 7 heteroatoms. The first-order valence-corrected chi connectivity index (χ1v) is 8.68. The Morgan fingerprint density at radius 2 is 2.40 bits per heavy atom. The molecule has 1 saturated heterocycles. The van der Waals surface area contributed by atoms with Crippen LogP contribution in [0.2, 0.25) is 0 Å². The van der Waals surface area contributed by atoms with Crippen molar-refractivity contribution in [3.05, 3.63) is 42.4 Å². The lowest BCUT2D eigenvalue weighted by Gasteiger charge is -2.23. The largest absolute Gasteiger partial charge is 0.376 e. The number of nitrogens with zero attached hydrogens (tertiary/aromatic N) is 3. The number of rotatable bonds is 7. The predicted molar refractivity (Wildman–Crippen MR) is 92.2 cm³/mol. The SMILES string of the molecule is C[C@@H](OC[C@H]1CCCCO1)C(=O)NCc1ccc(-n2cccn2)nc1. The van der Waals surface area contributed by atoms with Gasteiger partial charge in [-0.2, -0.15) is 5.10 Å². The molecule has 2 aromatic heterocycles. The first kappa shape index (κ1) is 17.6. The molecule has 1 aliphatic heterocycles. The fraction of sp³-hybridized carbons (Fsp3) is 0.500. The van der Waals surface area contributed by atoms with E-state index in [2.05, 4.69) is 15.4 Å². The van der Waals surface area contributed by atoms with Crippen LogP contribution in [0.15, 0.2) is 36.8 Å². The topological polar surface area (TPSA) is 78.3 Å². The minimum absolute atomic E-state index is 0.114. The van der Waals surface area contributed by atoms with Crippen LogP contribution in [-0.2, 0) is 20.8 Å². The third-order valence-electron chi connectivity index (χ3n) is 4.19. The molecule has 0 saturated carbocycles. The zero-order valence-corrected chi connectivity index (χ0v) is 14.4. The molecule has 0 aromatic carbocycles. The van der Waals surface area contributed by atoms with Crippen LogP contribution in [0.1, 0.15) is 31.7 Å². The van der Waals surface area contributed by atoms with Crippen molar-refractivity contribution < 1.29 is 14.3 Å². The summed E-state index contributed by atoms with van der Waals surface area (Å²) in [6.45, 7) is 3.43. The third kappa shape index (κ3) is 5.11. The fourth-order valence-corrected chi connectivity index (χ4v) is 2.66. The molecule has 0 unspecified atom stereocenters. The second kappa shape index (κ2) is 8.73. The molecular formula is C18H24N4O3. The van der Waals surface area contributed by atoms with Gasteiger partial charge in [0.25, 0.3) is 0 Å². The third-order valence-corrected chi connectivity index (χ3v) is 4.19. The normalized spacial score (nSPS) is 18.7. The average Bonchev–Trinajstić information content (AvgIpc) is 3.20. The fourth-order valence-electron chi connectivity index (χ4n) is 2.66. The number of hydrogen-bond donors (Lipinski definition) is 1. The Kier molecular flexibility index (Phi) is 6.14. The van der Waals surface area contributed by atoms with E-state index >= 15 is 0 Å². The summed E-state index contributed by atoms with van der Waals surface area (Å²) in [6.07, 6.45) is 8.16. The molecule has 2 atom stereocenters. The maximum atomic E-state index is 12.1. The molecule has 0 radical (unpaired) electrons. The maximum absolute atomic E-state index is 12.1. The highest BCUT2D eigenvalue weighted by Crippen LogP contribution is 2.13.